The number of nitrogens with zero attached hydrogens (tertiary/aromatic N) is 2. The Morgan fingerprint density at radius 2 is 2.00 bits per heavy atom. The number of carbonyl (C=O) groups excluding carboxylic acids is 1. The van der Waals surface area contributed by atoms with Crippen LogP contribution in [0.2, 0.25) is 0 Å². The number of anilines is 1. The monoisotopic (exact) mass is 251 g/mol. The van der Waals surface area contributed by atoms with Crippen LogP contribution < -0.4 is 5.32 Å². The van der Waals surface area contributed by atoms with Gasteiger partial charge in [0.15, 0.2) is 0 Å². The van der Waals surface area contributed by atoms with E-state index in [2.05, 4.69) is 5.32 Å². The highest BCUT2D eigenvalue weighted by molar-refractivity contribution is 5.90. The van der Waals surface area contributed by atoms with Gasteiger partial charge in [0.1, 0.15) is 0 Å². The van der Waals surface area contributed by atoms with Crippen LogP contribution in [0.4, 0.5) is 16.2 Å². The van der Waals surface area contributed by atoms with Crippen LogP contribution >= 0.6 is 0 Å². The predicted octanol–water partition coefficient (Wildman–Crippen LogP) is 2.78. The third-order valence-electron chi connectivity index (χ3n) is 2.79. The molecule has 0 radical (unpaired) electrons. The van der Waals surface area contributed by atoms with E-state index in [0.29, 0.717) is 24.3 Å². The number of hydrogen-bond acceptors (Lipinski definition) is 3. The molecule has 1 N–H and O–H groups in total. The summed E-state index contributed by atoms with van der Waals surface area (Å²) in [5.74, 6) is 0. The van der Waals surface area contributed by atoms with E-state index in [9.17, 15) is 14.9 Å². The molecule has 6 heteroatoms. The van der Waals surface area contributed by atoms with Crippen LogP contribution in [-0.4, -0.2) is 28.9 Å². The van der Waals surface area contributed by atoms with Gasteiger partial charge in [-0.3, -0.25) is 10.1 Å². The van der Waals surface area contributed by atoms with E-state index in [-0.39, 0.29) is 11.7 Å². The molecule has 1 rings (SSSR count). The number of nitrogens with one attached hydrogen (secondary N) is 1. The smallest absolute Gasteiger partial charge is 0.321 e. The Morgan fingerprint density at radius 1 is 1.39 bits per heavy atom. The SMILES string of the molecule is CCN(CC)C(=O)Nc1cccc([N+](=O)[O-])c1C. The van der Waals surface area contributed by atoms with E-state index >= 15 is 0 Å². The maximum atomic E-state index is 11.9. The Morgan fingerprint density at radius 3 is 2.50 bits per heavy atom. The molecule has 98 valence electrons. The molecule has 1 aromatic rings. The largest absolute Gasteiger partial charge is 0.325 e. The lowest BCUT2D eigenvalue weighted by atomic mass is 10.1. The molecule has 0 unspecified atom stereocenters. The second-order valence-corrected chi connectivity index (χ2v) is 3.81. The summed E-state index contributed by atoms with van der Waals surface area (Å²) in [6.45, 7) is 6.56. The third-order valence-corrected chi connectivity index (χ3v) is 2.79. The molecular weight excluding hydrogens is 234 g/mol. The molecule has 18 heavy (non-hydrogen) atoms. The summed E-state index contributed by atoms with van der Waals surface area (Å²) >= 11 is 0. The van der Waals surface area contributed by atoms with Gasteiger partial charge in [0.25, 0.3) is 5.69 Å². The Labute approximate surface area is 106 Å². The van der Waals surface area contributed by atoms with E-state index in [1.165, 1.54) is 6.07 Å². The lowest BCUT2D eigenvalue weighted by molar-refractivity contribution is -0.385. The summed E-state index contributed by atoms with van der Waals surface area (Å²) in [5.41, 5.74) is 0.941. The normalized spacial score (nSPS) is 9.94. The van der Waals surface area contributed by atoms with Crippen molar-refractivity contribution in [2.75, 3.05) is 18.4 Å². The summed E-state index contributed by atoms with van der Waals surface area (Å²) < 4.78 is 0. The van der Waals surface area contributed by atoms with E-state index < -0.39 is 4.92 Å². The summed E-state index contributed by atoms with van der Waals surface area (Å²) in [5, 5.41) is 13.5. The molecule has 0 bridgehead atoms. The van der Waals surface area contributed by atoms with Crippen LogP contribution in [0.25, 0.3) is 0 Å². The number of nitro benzene ring substituents is 1. The van der Waals surface area contributed by atoms with Gasteiger partial charge in [-0.15, -0.1) is 0 Å². The minimum absolute atomic E-state index is 0.00680. The topological polar surface area (TPSA) is 75.5 Å². The Bertz CT molecular complexity index is 456. The van der Waals surface area contributed by atoms with E-state index in [4.69, 9.17) is 0 Å². The summed E-state index contributed by atoms with van der Waals surface area (Å²) in [6.07, 6.45) is 0. The first-order valence-electron chi connectivity index (χ1n) is 5.81. The van der Waals surface area contributed by atoms with Crippen LogP contribution in [0.15, 0.2) is 18.2 Å². The van der Waals surface area contributed by atoms with Crippen molar-refractivity contribution in [3.63, 3.8) is 0 Å². The highest BCUT2D eigenvalue weighted by Gasteiger charge is 2.16. The fourth-order valence-electron chi connectivity index (χ4n) is 1.66. The van der Waals surface area contributed by atoms with Gasteiger partial charge in [0, 0.05) is 19.2 Å². The van der Waals surface area contributed by atoms with Gasteiger partial charge in [-0.25, -0.2) is 4.79 Å². The van der Waals surface area contributed by atoms with Crippen LogP contribution in [0.1, 0.15) is 19.4 Å². The molecule has 0 heterocycles. The van der Waals surface area contributed by atoms with Gasteiger partial charge in [0.05, 0.1) is 16.2 Å². The van der Waals surface area contributed by atoms with Crippen molar-refractivity contribution in [2.45, 2.75) is 20.8 Å². The fraction of sp³-hybridized carbons (Fsp3) is 0.417. The van der Waals surface area contributed by atoms with Crippen molar-refractivity contribution < 1.29 is 9.72 Å². The van der Waals surface area contributed by atoms with E-state index in [1.54, 1.807) is 24.0 Å². The van der Waals surface area contributed by atoms with E-state index in [0.717, 1.165) is 0 Å². The summed E-state index contributed by atoms with van der Waals surface area (Å²) in [7, 11) is 0. The zero-order valence-electron chi connectivity index (χ0n) is 10.8. The number of amides is 2. The molecule has 2 amide bonds. The molecule has 0 fully saturated rings. The second kappa shape index (κ2) is 6.00. The fourth-order valence-corrected chi connectivity index (χ4v) is 1.66. The van der Waals surface area contributed by atoms with Gasteiger partial charge in [-0.05, 0) is 26.8 Å². The maximum absolute atomic E-state index is 11.9. The molecule has 0 saturated heterocycles. The van der Waals surface area contributed by atoms with Gasteiger partial charge < -0.3 is 10.2 Å². The van der Waals surface area contributed by atoms with Gasteiger partial charge in [0.2, 0.25) is 0 Å². The lowest BCUT2D eigenvalue weighted by Gasteiger charge is -2.19. The first-order valence-corrected chi connectivity index (χ1v) is 5.81. The Kier molecular flexibility index (Phi) is 4.65. The molecule has 0 atom stereocenters. The number of rotatable bonds is 4. The summed E-state index contributed by atoms with van der Waals surface area (Å²) in [6, 6.07) is 4.39. The molecule has 0 aliphatic rings. The first kappa shape index (κ1) is 14.0. The van der Waals surface area contributed by atoms with Crippen molar-refractivity contribution in [3.8, 4) is 0 Å². The molecule has 6 nitrogen and oxygen atoms in total. The van der Waals surface area contributed by atoms with E-state index in [1.807, 2.05) is 13.8 Å². The molecule has 0 saturated carbocycles. The van der Waals surface area contributed by atoms with Crippen molar-refractivity contribution in [1.29, 1.82) is 0 Å². The highest BCUT2D eigenvalue weighted by atomic mass is 16.6. The minimum Gasteiger partial charge on any atom is -0.325 e. The maximum Gasteiger partial charge on any atom is 0.321 e. The van der Waals surface area contributed by atoms with Crippen molar-refractivity contribution >= 4 is 17.4 Å². The van der Waals surface area contributed by atoms with Crippen LogP contribution in [-0.2, 0) is 0 Å². The number of hydrogen-bond donors (Lipinski definition) is 1. The van der Waals surface area contributed by atoms with Crippen molar-refractivity contribution in [1.82, 2.24) is 4.90 Å². The average molecular weight is 251 g/mol. The summed E-state index contributed by atoms with van der Waals surface area (Å²) in [4.78, 5) is 23.8. The van der Waals surface area contributed by atoms with Crippen molar-refractivity contribution in [3.05, 3.63) is 33.9 Å². The molecule has 0 aliphatic heterocycles. The first-order chi connectivity index (χ1) is 8.51. The van der Waals surface area contributed by atoms with Gasteiger partial charge in [-0.2, -0.15) is 0 Å². The number of nitro groups is 1. The average Bonchev–Trinajstić information content (AvgIpc) is 2.33. The predicted molar refractivity (Wildman–Crippen MR) is 69.8 cm³/mol. The van der Waals surface area contributed by atoms with Gasteiger partial charge >= 0.3 is 6.03 Å². The van der Waals surface area contributed by atoms with Crippen molar-refractivity contribution in [2.24, 2.45) is 0 Å². The molecule has 0 aliphatic carbocycles. The quantitative estimate of drug-likeness (QED) is 0.660. The molecule has 1 aromatic carbocycles. The minimum atomic E-state index is -0.456. The second-order valence-electron chi connectivity index (χ2n) is 3.81. The molecule has 0 aromatic heterocycles. The molecular formula is C12H17N3O3. The van der Waals surface area contributed by atoms with Crippen LogP contribution in [0.5, 0.6) is 0 Å². The zero-order chi connectivity index (χ0) is 13.7. The van der Waals surface area contributed by atoms with Crippen LogP contribution in [0, 0.1) is 17.0 Å². The molecule has 0 spiro atoms. The van der Waals surface area contributed by atoms with Gasteiger partial charge in [-0.1, -0.05) is 6.07 Å². The zero-order valence-corrected chi connectivity index (χ0v) is 10.8. The Hall–Kier alpha value is -2.11. The lowest BCUT2D eigenvalue weighted by Crippen LogP contribution is -2.34. The number of benzene rings is 1. The number of carbonyl (C=O) groups is 1. The third kappa shape index (κ3) is 2.97. The van der Waals surface area contributed by atoms with Crippen LogP contribution in [0.3, 0.4) is 0 Å². The highest BCUT2D eigenvalue weighted by Crippen LogP contribution is 2.25. The standard InChI is InChI=1S/C12H17N3O3/c1-4-14(5-2)12(16)13-10-7-6-8-11(9(10)3)15(17)18/h6-8H,4-5H2,1-3H3,(H,13,16). The number of urea groups is 1. The Balaban J connectivity index is 2.95.